The van der Waals surface area contributed by atoms with Gasteiger partial charge in [-0.15, -0.1) is 0 Å². The molecule has 0 saturated heterocycles. The maximum Gasteiger partial charge on any atom is 0.337 e. The second-order valence-corrected chi connectivity index (χ2v) is 5.57. The molecule has 1 aromatic carbocycles. The fourth-order valence-electron chi connectivity index (χ4n) is 2.16. The lowest BCUT2D eigenvalue weighted by molar-refractivity contribution is -0.117. The highest BCUT2D eigenvalue weighted by Gasteiger charge is 2.30. The first kappa shape index (κ1) is 15.4. The van der Waals surface area contributed by atoms with E-state index in [-0.39, 0.29) is 17.4 Å². The molecular weight excluding hydrogens is 268 g/mol. The lowest BCUT2D eigenvalue weighted by Crippen LogP contribution is -2.20. The molecule has 2 N–H and O–H groups in total. The van der Waals surface area contributed by atoms with Gasteiger partial charge in [-0.25, -0.2) is 4.79 Å². The van der Waals surface area contributed by atoms with Crippen LogP contribution in [-0.4, -0.2) is 30.6 Å². The minimum Gasteiger partial charge on any atom is -0.478 e. The minimum absolute atomic E-state index is 0.0542. The summed E-state index contributed by atoms with van der Waals surface area (Å²) in [6.45, 7) is 3.00. The van der Waals surface area contributed by atoms with Crippen LogP contribution < -0.4 is 10.2 Å². The predicted octanol–water partition coefficient (Wildman–Crippen LogP) is 2.97. The highest BCUT2D eigenvalue weighted by Crippen LogP contribution is 2.31. The van der Waals surface area contributed by atoms with Crippen molar-refractivity contribution in [1.29, 1.82) is 0 Å². The molecule has 0 radical (unpaired) electrons. The highest BCUT2D eigenvalue weighted by atomic mass is 16.4. The van der Waals surface area contributed by atoms with Crippen LogP contribution in [0.4, 0.5) is 11.4 Å². The SMILES string of the molecule is CCCCN(C)c1ccc(NC(=O)C2CC2)c(C(=O)O)c1. The van der Waals surface area contributed by atoms with Gasteiger partial charge in [0.2, 0.25) is 5.91 Å². The van der Waals surface area contributed by atoms with E-state index in [4.69, 9.17) is 0 Å². The van der Waals surface area contributed by atoms with Crippen molar-refractivity contribution in [2.45, 2.75) is 32.6 Å². The van der Waals surface area contributed by atoms with Gasteiger partial charge in [-0.1, -0.05) is 13.3 Å². The second kappa shape index (κ2) is 6.61. The van der Waals surface area contributed by atoms with Crippen molar-refractivity contribution >= 4 is 23.3 Å². The quantitative estimate of drug-likeness (QED) is 0.810. The Hall–Kier alpha value is -2.04. The molecule has 5 nitrogen and oxygen atoms in total. The summed E-state index contributed by atoms with van der Waals surface area (Å²) in [5.74, 6) is -1.05. The Labute approximate surface area is 125 Å². The van der Waals surface area contributed by atoms with Crippen LogP contribution in [0, 0.1) is 5.92 Å². The Balaban J connectivity index is 2.17. The van der Waals surface area contributed by atoms with Gasteiger partial charge in [-0.05, 0) is 37.5 Å². The fraction of sp³-hybridized carbons (Fsp3) is 0.500. The first-order valence-electron chi connectivity index (χ1n) is 7.42. The van der Waals surface area contributed by atoms with Gasteiger partial charge >= 0.3 is 5.97 Å². The number of nitrogens with one attached hydrogen (secondary N) is 1. The fourth-order valence-corrected chi connectivity index (χ4v) is 2.16. The standard InChI is InChI=1S/C16H22N2O3/c1-3-4-9-18(2)12-7-8-14(13(10-12)16(20)21)17-15(19)11-5-6-11/h7-8,10-11H,3-6,9H2,1-2H3,(H,17,19)(H,20,21). The molecule has 5 heteroatoms. The molecule has 0 spiro atoms. The molecule has 114 valence electrons. The number of carbonyl (C=O) groups excluding carboxylic acids is 1. The van der Waals surface area contributed by atoms with Crippen molar-refractivity contribution in [2.24, 2.45) is 5.92 Å². The van der Waals surface area contributed by atoms with Gasteiger partial charge in [-0.3, -0.25) is 4.79 Å². The molecular formula is C16H22N2O3. The van der Waals surface area contributed by atoms with Crippen LogP contribution in [0.5, 0.6) is 0 Å². The van der Waals surface area contributed by atoms with Crippen LogP contribution in [0.3, 0.4) is 0 Å². The van der Waals surface area contributed by atoms with E-state index in [1.807, 2.05) is 18.0 Å². The number of carboxylic acid groups (broad SMARTS) is 1. The summed E-state index contributed by atoms with van der Waals surface area (Å²) in [4.78, 5) is 25.2. The molecule has 1 aliphatic rings. The summed E-state index contributed by atoms with van der Waals surface area (Å²) in [7, 11) is 1.94. The van der Waals surface area contributed by atoms with E-state index >= 15 is 0 Å². The first-order chi connectivity index (χ1) is 10.0. The smallest absolute Gasteiger partial charge is 0.337 e. The molecule has 1 aliphatic carbocycles. The Kier molecular flexibility index (Phi) is 4.83. The van der Waals surface area contributed by atoms with Gasteiger partial charge in [0.05, 0.1) is 11.3 Å². The number of amides is 1. The third kappa shape index (κ3) is 3.97. The van der Waals surface area contributed by atoms with Crippen molar-refractivity contribution in [1.82, 2.24) is 0 Å². The third-order valence-corrected chi connectivity index (χ3v) is 3.73. The van der Waals surface area contributed by atoms with E-state index in [0.29, 0.717) is 5.69 Å². The van der Waals surface area contributed by atoms with Crippen molar-refractivity contribution in [3.63, 3.8) is 0 Å². The van der Waals surface area contributed by atoms with Crippen LogP contribution in [0.1, 0.15) is 43.0 Å². The van der Waals surface area contributed by atoms with Crippen LogP contribution in [0.25, 0.3) is 0 Å². The molecule has 0 unspecified atom stereocenters. The van der Waals surface area contributed by atoms with Gasteiger partial charge < -0.3 is 15.3 Å². The number of unbranched alkanes of at least 4 members (excludes halogenated alkanes) is 1. The molecule has 1 saturated carbocycles. The van der Waals surface area contributed by atoms with Crippen LogP contribution in [-0.2, 0) is 4.79 Å². The zero-order valence-corrected chi connectivity index (χ0v) is 12.6. The summed E-state index contributed by atoms with van der Waals surface area (Å²) >= 11 is 0. The molecule has 1 amide bonds. The lowest BCUT2D eigenvalue weighted by atomic mass is 10.1. The Bertz CT molecular complexity index is 538. The van der Waals surface area contributed by atoms with Gasteiger partial charge in [-0.2, -0.15) is 0 Å². The third-order valence-electron chi connectivity index (χ3n) is 3.73. The monoisotopic (exact) mass is 290 g/mol. The van der Waals surface area contributed by atoms with Crippen molar-refractivity contribution in [3.05, 3.63) is 23.8 Å². The van der Waals surface area contributed by atoms with Crippen molar-refractivity contribution < 1.29 is 14.7 Å². The number of carbonyl (C=O) groups is 2. The van der Waals surface area contributed by atoms with Gasteiger partial charge in [0, 0.05) is 25.2 Å². The Morgan fingerprint density at radius 2 is 2.10 bits per heavy atom. The van der Waals surface area contributed by atoms with Crippen LogP contribution in [0.2, 0.25) is 0 Å². The first-order valence-corrected chi connectivity index (χ1v) is 7.42. The number of carboxylic acids is 1. The number of nitrogens with zero attached hydrogens (tertiary/aromatic N) is 1. The molecule has 0 bridgehead atoms. The molecule has 0 atom stereocenters. The predicted molar refractivity (Wildman–Crippen MR) is 82.9 cm³/mol. The minimum atomic E-state index is -1.02. The topological polar surface area (TPSA) is 69.6 Å². The zero-order valence-electron chi connectivity index (χ0n) is 12.6. The van der Waals surface area contributed by atoms with E-state index in [1.165, 1.54) is 0 Å². The molecule has 0 aromatic heterocycles. The van der Waals surface area contributed by atoms with E-state index in [1.54, 1.807) is 12.1 Å². The lowest BCUT2D eigenvalue weighted by Gasteiger charge is -2.20. The van der Waals surface area contributed by atoms with Gasteiger partial charge in [0.1, 0.15) is 0 Å². The normalized spacial score (nSPS) is 13.8. The summed E-state index contributed by atoms with van der Waals surface area (Å²) in [6, 6.07) is 5.16. The largest absolute Gasteiger partial charge is 0.478 e. The van der Waals surface area contributed by atoms with Crippen LogP contribution >= 0.6 is 0 Å². The summed E-state index contributed by atoms with van der Waals surface area (Å²) in [5, 5.41) is 12.1. The number of hydrogen-bond donors (Lipinski definition) is 2. The van der Waals surface area contributed by atoms with Gasteiger partial charge in [0.15, 0.2) is 0 Å². The van der Waals surface area contributed by atoms with E-state index in [2.05, 4.69) is 12.2 Å². The molecule has 1 aromatic rings. The van der Waals surface area contributed by atoms with Crippen LogP contribution in [0.15, 0.2) is 18.2 Å². The summed E-state index contributed by atoms with van der Waals surface area (Å²) in [6.07, 6.45) is 3.93. The highest BCUT2D eigenvalue weighted by molar-refractivity contribution is 6.02. The Morgan fingerprint density at radius 3 is 2.67 bits per heavy atom. The van der Waals surface area contributed by atoms with Crippen molar-refractivity contribution in [2.75, 3.05) is 23.8 Å². The number of rotatable bonds is 7. The molecule has 21 heavy (non-hydrogen) atoms. The van der Waals surface area contributed by atoms with E-state index in [9.17, 15) is 14.7 Å². The number of anilines is 2. The molecule has 0 heterocycles. The number of hydrogen-bond acceptors (Lipinski definition) is 3. The zero-order chi connectivity index (χ0) is 15.4. The summed E-state index contributed by atoms with van der Waals surface area (Å²) < 4.78 is 0. The number of benzene rings is 1. The average Bonchev–Trinajstić information content (AvgIpc) is 3.29. The molecule has 0 aliphatic heterocycles. The summed E-state index contributed by atoms with van der Waals surface area (Å²) in [5.41, 5.74) is 1.38. The van der Waals surface area contributed by atoms with E-state index in [0.717, 1.165) is 37.9 Å². The average molecular weight is 290 g/mol. The molecule has 1 fully saturated rings. The second-order valence-electron chi connectivity index (χ2n) is 5.57. The molecule has 2 rings (SSSR count). The van der Waals surface area contributed by atoms with Crippen molar-refractivity contribution in [3.8, 4) is 0 Å². The Morgan fingerprint density at radius 1 is 1.38 bits per heavy atom. The maximum atomic E-state index is 11.8. The number of aromatic carboxylic acids is 1. The van der Waals surface area contributed by atoms with Gasteiger partial charge in [0.25, 0.3) is 0 Å². The maximum absolute atomic E-state index is 11.8. The van der Waals surface area contributed by atoms with E-state index < -0.39 is 5.97 Å².